The minimum atomic E-state index is -0.580. The van der Waals surface area contributed by atoms with Crippen LogP contribution in [0, 0.1) is 17.6 Å². The van der Waals surface area contributed by atoms with Crippen LogP contribution in [0.5, 0.6) is 5.75 Å². The molecule has 1 fully saturated rings. The summed E-state index contributed by atoms with van der Waals surface area (Å²) in [5, 5.41) is 12.0. The lowest BCUT2D eigenvalue weighted by atomic mass is 9.99. The first kappa shape index (κ1) is 22.2. The summed E-state index contributed by atoms with van der Waals surface area (Å²) in [6.45, 7) is 5.39. The van der Waals surface area contributed by atoms with Crippen LogP contribution in [0.4, 0.5) is 8.78 Å². The number of imidazole rings is 1. The van der Waals surface area contributed by atoms with Gasteiger partial charge in [0, 0.05) is 37.5 Å². The number of benzene rings is 2. The summed E-state index contributed by atoms with van der Waals surface area (Å²) >= 11 is 0. The first-order valence-electron chi connectivity index (χ1n) is 12.2. The highest BCUT2D eigenvalue weighted by molar-refractivity contribution is 5.92. The van der Waals surface area contributed by atoms with Gasteiger partial charge in [-0.15, -0.1) is 0 Å². The molecule has 182 valence electrons. The molecule has 35 heavy (non-hydrogen) atoms. The summed E-state index contributed by atoms with van der Waals surface area (Å²) in [7, 11) is 0. The van der Waals surface area contributed by atoms with Crippen molar-refractivity contribution >= 4 is 10.9 Å². The quantitative estimate of drug-likeness (QED) is 0.372. The molecule has 2 aromatic carbocycles. The summed E-state index contributed by atoms with van der Waals surface area (Å²) in [6, 6.07) is 9.22. The fourth-order valence-corrected chi connectivity index (χ4v) is 5.19. The molecular weight excluding hydrogens is 450 g/mol. The van der Waals surface area contributed by atoms with Crippen LogP contribution in [-0.4, -0.2) is 51.3 Å². The number of aromatic amines is 2. The van der Waals surface area contributed by atoms with Crippen LogP contribution in [0.1, 0.15) is 29.8 Å². The minimum Gasteiger partial charge on any atom is -0.493 e. The first-order valence-corrected chi connectivity index (χ1v) is 12.2. The summed E-state index contributed by atoms with van der Waals surface area (Å²) in [6.07, 6.45) is 2.95. The van der Waals surface area contributed by atoms with Crippen molar-refractivity contribution in [3.63, 3.8) is 0 Å². The van der Waals surface area contributed by atoms with Gasteiger partial charge in [-0.1, -0.05) is 0 Å². The lowest BCUT2D eigenvalue weighted by molar-refractivity contribution is 0.209. The number of nitrogens with one attached hydrogen (secondary N) is 3. The van der Waals surface area contributed by atoms with E-state index in [4.69, 9.17) is 9.72 Å². The van der Waals surface area contributed by atoms with E-state index in [1.807, 2.05) is 18.2 Å². The van der Waals surface area contributed by atoms with Crippen molar-refractivity contribution in [1.29, 1.82) is 0 Å². The van der Waals surface area contributed by atoms with Crippen LogP contribution in [0.25, 0.3) is 22.4 Å². The fourth-order valence-electron chi connectivity index (χ4n) is 5.19. The molecular formula is C26H28F2N6O. The Morgan fingerprint density at radius 2 is 1.97 bits per heavy atom. The van der Waals surface area contributed by atoms with Gasteiger partial charge >= 0.3 is 0 Å². The molecule has 0 bridgehead atoms. The number of hydrogen-bond acceptors (Lipinski definition) is 5. The standard InChI is InChI=1S/C26H28F2N6O/c27-18-8-16(9-19(28)10-18)5-7-35-20-3-4-22-21(11-20)25(33-32-22)26-30-23-14-34(15-24(23)31-26)13-17-2-1-6-29-12-17/h3-4,8-11,17,29H,1-2,5-7,12-15H2,(H,30,31)(H,32,33). The molecule has 3 N–H and O–H groups in total. The molecule has 2 aliphatic rings. The van der Waals surface area contributed by atoms with Crippen LogP contribution in [-0.2, 0) is 19.5 Å². The van der Waals surface area contributed by atoms with Gasteiger partial charge in [0.1, 0.15) is 23.1 Å². The van der Waals surface area contributed by atoms with Crippen LogP contribution in [0.3, 0.4) is 0 Å². The molecule has 1 unspecified atom stereocenters. The number of nitrogens with zero attached hydrogens (tertiary/aromatic N) is 3. The molecule has 9 heteroatoms. The summed E-state index contributed by atoms with van der Waals surface area (Å²) in [5.74, 6) is 0.977. The van der Waals surface area contributed by atoms with Crippen molar-refractivity contribution in [1.82, 2.24) is 30.4 Å². The Kier molecular flexibility index (Phi) is 5.95. The van der Waals surface area contributed by atoms with Crippen molar-refractivity contribution in [2.75, 3.05) is 26.2 Å². The monoisotopic (exact) mass is 478 g/mol. The van der Waals surface area contributed by atoms with E-state index in [0.717, 1.165) is 72.6 Å². The number of rotatable bonds is 7. The molecule has 4 heterocycles. The fraction of sp³-hybridized carbons (Fsp3) is 0.385. The van der Waals surface area contributed by atoms with Gasteiger partial charge in [-0.2, -0.15) is 5.10 Å². The van der Waals surface area contributed by atoms with Crippen LogP contribution < -0.4 is 10.1 Å². The van der Waals surface area contributed by atoms with E-state index in [1.165, 1.54) is 25.0 Å². The number of piperidine rings is 1. The molecule has 2 aliphatic heterocycles. The van der Waals surface area contributed by atoms with E-state index in [1.54, 1.807) is 0 Å². The largest absolute Gasteiger partial charge is 0.493 e. The van der Waals surface area contributed by atoms with Crippen molar-refractivity contribution in [2.24, 2.45) is 5.92 Å². The smallest absolute Gasteiger partial charge is 0.159 e. The topological polar surface area (TPSA) is 81.9 Å². The Morgan fingerprint density at radius 1 is 1.09 bits per heavy atom. The Morgan fingerprint density at radius 3 is 2.77 bits per heavy atom. The average Bonchev–Trinajstić information content (AvgIpc) is 3.52. The zero-order valence-electron chi connectivity index (χ0n) is 19.4. The molecule has 0 amide bonds. The lowest BCUT2D eigenvalue weighted by Gasteiger charge is -2.27. The number of fused-ring (bicyclic) bond motifs is 2. The highest BCUT2D eigenvalue weighted by Crippen LogP contribution is 2.31. The molecule has 0 aliphatic carbocycles. The molecule has 0 radical (unpaired) electrons. The van der Waals surface area contributed by atoms with Crippen molar-refractivity contribution in [2.45, 2.75) is 32.4 Å². The van der Waals surface area contributed by atoms with Gasteiger partial charge in [0.15, 0.2) is 5.82 Å². The molecule has 0 spiro atoms. The second kappa shape index (κ2) is 9.39. The van der Waals surface area contributed by atoms with E-state index in [-0.39, 0.29) is 0 Å². The third-order valence-corrected chi connectivity index (χ3v) is 6.88. The van der Waals surface area contributed by atoms with Crippen molar-refractivity contribution in [3.05, 3.63) is 65.0 Å². The molecule has 1 atom stereocenters. The highest BCUT2D eigenvalue weighted by atomic mass is 19.1. The number of ether oxygens (including phenoxy) is 1. The van der Waals surface area contributed by atoms with Crippen LogP contribution in [0.2, 0.25) is 0 Å². The molecule has 4 aromatic rings. The maximum absolute atomic E-state index is 13.4. The third-order valence-electron chi connectivity index (χ3n) is 6.88. The summed E-state index contributed by atoms with van der Waals surface area (Å²) in [5.41, 5.74) is 4.47. The SMILES string of the molecule is Fc1cc(F)cc(CCOc2ccc3[nH]nc(-c4nc5c([nH]4)CN(CC4CCCNC4)C5)c3c2)c1. The predicted octanol–water partition coefficient (Wildman–Crippen LogP) is 4.17. The first-order chi connectivity index (χ1) is 17.1. The predicted molar refractivity (Wildman–Crippen MR) is 129 cm³/mol. The molecule has 7 nitrogen and oxygen atoms in total. The number of H-pyrrole nitrogens is 2. The van der Waals surface area contributed by atoms with Gasteiger partial charge in [-0.05, 0) is 67.7 Å². The maximum Gasteiger partial charge on any atom is 0.159 e. The summed E-state index contributed by atoms with van der Waals surface area (Å²) < 4.78 is 32.7. The van der Waals surface area contributed by atoms with E-state index in [2.05, 4.69) is 25.4 Å². The normalized spacial score (nSPS) is 18.3. The maximum atomic E-state index is 13.4. The van der Waals surface area contributed by atoms with Gasteiger partial charge in [0.2, 0.25) is 0 Å². The van der Waals surface area contributed by atoms with Crippen molar-refractivity contribution < 1.29 is 13.5 Å². The van der Waals surface area contributed by atoms with Gasteiger partial charge in [-0.25, -0.2) is 13.8 Å². The van der Waals surface area contributed by atoms with Crippen molar-refractivity contribution in [3.8, 4) is 17.3 Å². The Balaban J connectivity index is 1.13. The Hall–Kier alpha value is -3.30. The van der Waals surface area contributed by atoms with Crippen LogP contribution in [0.15, 0.2) is 36.4 Å². The van der Waals surface area contributed by atoms with E-state index in [0.29, 0.717) is 30.3 Å². The van der Waals surface area contributed by atoms with Gasteiger partial charge in [0.05, 0.1) is 23.5 Å². The highest BCUT2D eigenvalue weighted by Gasteiger charge is 2.27. The van der Waals surface area contributed by atoms with E-state index >= 15 is 0 Å². The van der Waals surface area contributed by atoms with E-state index < -0.39 is 11.6 Å². The number of halogens is 2. The van der Waals surface area contributed by atoms with Crippen LogP contribution >= 0.6 is 0 Å². The van der Waals surface area contributed by atoms with E-state index in [9.17, 15) is 8.78 Å². The Labute approximate surface area is 201 Å². The lowest BCUT2D eigenvalue weighted by Crippen LogP contribution is -2.36. The number of hydrogen-bond donors (Lipinski definition) is 3. The van der Waals surface area contributed by atoms with Gasteiger partial charge < -0.3 is 15.0 Å². The molecule has 0 saturated carbocycles. The summed E-state index contributed by atoms with van der Waals surface area (Å²) in [4.78, 5) is 10.8. The second-order valence-corrected chi connectivity index (χ2v) is 9.55. The third kappa shape index (κ3) is 4.78. The molecule has 6 rings (SSSR count). The zero-order chi connectivity index (χ0) is 23.8. The second-order valence-electron chi connectivity index (χ2n) is 9.55. The number of aromatic nitrogens is 4. The van der Waals surface area contributed by atoms with Gasteiger partial charge in [-0.3, -0.25) is 10.00 Å². The Bertz CT molecular complexity index is 1300. The zero-order valence-corrected chi connectivity index (χ0v) is 19.4. The average molecular weight is 479 g/mol. The van der Waals surface area contributed by atoms with Gasteiger partial charge in [0.25, 0.3) is 0 Å². The minimum absolute atomic E-state index is 0.309. The molecule has 1 saturated heterocycles. The molecule has 2 aromatic heterocycles.